The van der Waals surface area contributed by atoms with Gasteiger partial charge >= 0.3 is 17.3 Å². The number of hydrogen-bond acceptors (Lipinski definition) is 6. The number of anilines is 2. The number of benzene rings is 2. The molecule has 0 amide bonds. The molecule has 0 unspecified atom stereocenters. The van der Waals surface area contributed by atoms with Crippen LogP contribution >= 0.6 is 11.6 Å². The third-order valence-corrected chi connectivity index (χ3v) is 7.05. The molecular formula is C26H25ClN4O5. The lowest BCUT2D eigenvalue weighted by Crippen LogP contribution is -2.48. The van der Waals surface area contributed by atoms with E-state index in [-0.39, 0.29) is 25.3 Å². The minimum atomic E-state index is -0.928. The van der Waals surface area contributed by atoms with Crippen LogP contribution in [0.2, 0.25) is 5.02 Å². The van der Waals surface area contributed by atoms with Gasteiger partial charge in [0.25, 0.3) is 0 Å². The van der Waals surface area contributed by atoms with Crippen molar-refractivity contribution in [3.63, 3.8) is 0 Å². The van der Waals surface area contributed by atoms with Crippen LogP contribution in [-0.4, -0.2) is 25.2 Å². The topological polar surface area (TPSA) is 119 Å². The molecule has 5 rings (SSSR count). The maximum absolute atomic E-state index is 13.5. The van der Waals surface area contributed by atoms with Crippen LogP contribution in [0.4, 0.5) is 11.6 Å². The molecule has 2 aromatic heterocycles. The standard InChI is InChI=1S/C26H25ClN4O5/c1-3-21-14(2)20-12-18(8-9-22(20)36-21)28-24-29-25(34)31(19-10-16(11-19)23(32)33)26(35)30(24)13-15-4-6-17(27)7-5-15/h4-9,12,16,19H,3,10-11,13H2,1-2H3,(H,32,33)(H,28,29,34). The van der Waals surface area contributed by atoms with Crippen molar-refractivity contribution in [1.29, 1.82) is 0 Å². The molecular weight excluding hydrogens is 484 g/mol. The average molecular weight is 509 g/mol. The van der Waals surface area contributed by atoms with Crippen LogP contribution in [0.15, 0.2) is 56.5 Å². The van der Waals surface area contributed by atoms with E-state index in [1.54, 1.807) is 30.3 Å². The second kappa shape index (κ2) is 9.31. The summed E-state index contributed by atoms with van der Waals surface area (Å²) in [6, 6.07) is 12.1. The van der Waals surface area contributed by atoms with Crippen LogP contribution in [0.1, 0.15) is 42.7 Å². The number of rotatable bonds is 7. The molecule has 0 spiro atoms. The van der Waals surface area contributed by atoms with Crippen molar-refractivity contribution in [2.24, 2.45) is 5.92 Å². The minimum absolute atomic E-state index is 0.0986. The SMILES string of the molecule is CCc1oc2ccc(Nc3nc(=O)n(C4CC(C(=O)O)C4)c(=O)n3Cc3ccc(Cl)cc3)cc2c1C. The second-order valence-corrected chi connectivity index (χ2v) is 9.52. The number of carboxylic acid groups (broad SMARTS) is 1. The molecule has 36 heavy (non-hydrogen) atoms. The third-order valence-electron chi connectivity index (χ3n) is 6.79. The molecule has 0 atom stereocenters. The Kier molecular flexibility index (Phi) is 6.17. The number of fused-ring (bicyclic) bond motifs is 1. The largest absolute Gasteiger partial charge is 0.481 e. The van der Waals surface area contributed by atoms with Gasteiger partial charge in [0, 0.05) is 28.6 Å². The molecule has 2 N–H and O–H groups in total. The second-order valence-electron chi connectivity index (χ2n) is 9.08. The van der Waals surface area contributed by atoms with Crippen molar-refractivity contribution in [1.82, 2.24) is 14.1 Å². The van der Waals surface area contributed by atoms with Gasteiger partial charge in [-0.1, -0.05) is 30.7 Å². The van der Waals surface area contributed by atoms with Gasteiger partial charge in [-0.25, -0.2) is 14.2 Å². The van der Waals surface area contributed by atoms with Crippen molar-refractivity contribution in [2.75, 3.05) is 5.32 Å². The highest BCUT2D eigenvalue weighted by Gasteiger charge is 2.38. The fourth-order valence-electron chi connectivity index (χ4n) is 4.65. The lowest BCUT2D eigenvalue weighted by Gasteiger charge is -2.33. The van der Waals surface area contributed by atoms with E-state index in [1.165, 1.54) is 4.57 Å². The molecule has 0 radical (unpaired) electrons. The molecule has 1 saturated carbocycles. The number of furan rings is 1. The maximum atomic E-state index is 13.5. The first-order valence-corrected chi connectivity index (χ1v) is 12.1. The normalized spacial score (nSPS) is 17.2. The van der Waals surface area contributed by atoms with E-state index in [9.17, 15) is 19.5 Å². The van der Waals surface area contributed by atoms with Crippen LogP contribution in [-0.2, 0) is 17.8 Å². The predicted molar refractivity (Wildman–Crippen MR) is 136 cm³/mol. The Morgan fingerprint density at radius 3 is 2.58 bits per heavy atom. The molecule has 1 aliphatic carbocycles. The Bertz CT molecular complexity index is 1580. The third kappa shape index (κ3) is 4.30. The van der Waals surface area contributed by atoms with Crippen molar-refractivity contribution >= 4 is 40.2 Å². The van der Waals surface area contributed by atoms with E-state index in [1.807, 2.05) is 26.0 Å². The summed E-state index contributed by atoms with van der Waals surface area (Å²) in [5.41, 5.74) is 1.98. The summed E-state index contributed by atoms with van der Waals surface area (Å²) >= 11 is 6.02. The summed E-state index contributed by atoms with van der Waals surface area (Å²) < 4.78 is 8.34. The Morgan fingerprint density at radius 2 is 1.92 bits per heavy atom. The predicted octanol–water partition coefficient (Wildman–Crippen LogP) is 4.50. The first kappa shape index (κ1) is 23.9. The number of aliphatic carboxylic acids is 1. The van der Waals surface area contributed by atoms with Gasteiger partial charge in [-0.05, 0) is 61.2 Å². The number of aromatic nitrogens is 3. The molecule has 10 heteroatoms. The van der Waals surface area contributed by atoms with Crippen molar-refractivity contribution in [2.45, 2.75) is 45.7 Å². The summed E-state index contributed by atoms with van der Waals surface area (Å²) in [4.78, 5) is 41.9. The molecule has 0 bridgehead atoms. The molecule has 2 aromatic carbocycles. The molecule has 2 heterocycles. The van der Waals surface area contributed by atoms with Crippen molar-refractivity contribution < 1.29 is 14.3 Å². The molecule has 4 aromatic rings. The van der Waals surface area contributed by atoms with Gasteiger partial charge in [0.15, 0.2) is 0 Å². The molecule has 1 fully saturated rings. The summed E-state index contributed by atoms with van der Waals surface area (Å²) in [6.07, 6.45) is 1.21. The number of carbonyl (C=O) groups is 1. The summed E-state index contributed by atoms with van der Waals surface area (Å²) in [5.74, 6) is -0.492. The zero-order chi connectivity index (χ0) is 25.6. The van der Waals surface area contributed by atoms with Gasteiger partial charge in [0.05, 0.1) is 12.5 Å². The Morgan fingerprint density at radius 1 is 1.19 bits per heavy atom. The van der Waals surface area contributed by atoms with E-state index in [4.69, 9.17) is 16.0 Å². The number of hydrogen-bond donors (Lipinski definition) is 2. The monoisotopic (exact) mass is 508 g/mol. The smallest absolute Gasteiger partial charge is 0.355 e. The lowest BCUT2D eigenvalue weighted by atomic mass is 9.80. The van der Waals surface area contributed by atoms with Crippen LogP contribution < -0.4 is 16.7 Å². The average Bonchev–Trinajstić information content (AvgIpc) is 3.13. The number of halogens is 1. The highest BCUT2D eigenvalue weighted by atomic mass is 35.5. The van der Waals surface area contributed by atoms with Crippen LogP contribution in [0, 0.1) is 12.8 Å². The molecule has 1 aliphatic rings. The molecule has 0 aliphatic heterocycles. The zero-order valence-corrected chi connectivity index (χ0v) is 20.6. The summed E-state index contributed by atoms with van der Waals surface area (Å²) in [6.45, 7) is 4.17. The lowest BCUT2D eigenvalue weighted by molar-refractivity contribution is -0.146. The number of nitrogens with zero attached hydrogens (tertiary/aromatic N) is 3. The van der Waals surface area contributed by atoms with Crippen LogP contribution in [0.5, 0.6) is 0 Å². The molecule has 9 nitrogen and oxygen atoms in total. The fourth-order valence-corrected chi connectivity index (χ4v) is 4.77. The van der Waals surface area contributed by atoms with E-state index < -0.39 is 29.3 Å². The Hall–Kier alpha value is -3.85. The van der Waals surface area contributed by atoms with Gasteiger partial charge in [-0.2, -0.15) is 4.98 Å². The van der Waals surface area contributed by atoms with E-state index in [0.29, 0.717) is 10.7 Å². The van der Waals surface area contributed by atoms with Gasteiger partial charge < -0.3 is 14.8 Å². The highest BCUT2D eigenvalue weighted by molar-refractivity contribution is 6.30. The summed E-state index contributed by atoms with van der Waals surface area (Å²) in [7, 11) is 0. The van der Waals surface area contributed by atoms with E-state index in [0.717, 1.165) is 38.8 Å². The Balaban J connectivity index is 1.56. The minimum Gasteiger partial charge on any atom is -0.481 e. The van der Waals surface area contributed by atoms with E-state index in [2.05, 4.69) is 10.3 Å². The highest BCUT2D eigenvalue weighted by Crippen LogP contribution is 2.36. The number of aryl methyl sites for hydroxylation is 2. The fraction of sp³-hybridized carbons (Fsp3) is 0.308. The van der Waals surface area contributed by atoms with Crippen LogP contribution in [0.3, 0.4) is 0 Å². The maximum Gasteiger partial charge on any atom is 0.355 e. The van der Waals surface area contributed by atoms with Crippen molar-refractivity contribution in [3.05, 3.63) is 85.3 Å². The quantitative estimate of drug-likeness (QED) is 0.377. The van der Waals surface area contributed by atoms with Crippen molar-refractivity contribution in [3.8, 4) is 0 Å². The molecule has 0 saturated heterocycles. The van der Waals surface area contributed by atoms with Gasteiger partial charge in [0.2, 0.25) is 5.95 Å². The zero-order valence-electron chi connectivity index (χ0n) is 19.8. The van der Waals surface area contributed by atoms with Crippen LogP contribution in [0.25, 0.3) is 11.0 Å². The van der Waals surface area contributed by atoms with Gasteiger partial charge in [-0.3, -0.25) is 9.36 Å². The summed E-state index contributed by atoms with van der Waals surface area (Å²) in [5, 5.41) is 13.9. The Labute approximate surface area is 211 Å². The number of nitrogens with one attached hydrogen (secondary N) is 1. The van der Waals surface area contributed by atoms with E-state index >= 15 is 0 Å². The van der Waals surface area contributed by atoms with Gasteiger partial charge in [-0.15, -0.1) is 0 Å². The van der Waals surface area contributed by atoms with Gasteiger partial charge in [0.1, 0.15) is 11.3 Å². The first-order chi connectivity index (χ1) is 17.2. The first-order valence-electron chi connectivity index (χ1n) is 11.7. The number of carboxylic acids is 1. The molecule has 186 valence electrons.